The molecule has 78 valence electrons. The first kappa shape index (κ1) is 11.4. The second-order valence-electron chi connectivity index (χ2n) is 4.91. The van der Waals surface area contributed by atoms with Crippen molar-refractivity contribution < 1.29 is 0 Å². The van der Waals surface area contributed by atoms with Crippen LogP contribution in [0.25, 0.3) is 0 Å². The molecule has 0 aromatic rings. The van der Waals surface area contributed by atoms with Gasteiger partial charge in [0.2, 0.25) is 0 Å². The normalized spacial score (nSPS) is 30.5. The molecule has 1 aliphatic rings. The van der Waals surface area contributed by atoms with Gasteiger partial charge in [0.1, 0.15) is 0 Å². The van der Waals surface area contributed by atoms with Crippen molar-refractivity contribution in [1.82, 2.24) is 0 Å². The zero-order valence-corrected chi connectivity index (χ0v) is 10.4. The molecule has 0 spiro atoms. The molecule has 0 aromatic heterocycles. The third-order valence-electron chi connectivity index (χ3n) is 3.76. The van der Waals surface area contributed by atoms with Crippen molar-refractivity contribution in [3.63, 3.8) is 0 Å². The van der Waals surface area contributed by atoms with Crippen molar-refractivity contribution in [2.75, 3.05) is 5.75 Å². The standard InChI is InChI=1S/C12H24S/c1-5-11-10(8-7-9-13-11)12(3,4)6-2/h10-11H,5-9H2,1-4H3. The SMILES string of the molecule is CCC1SCCCC1C(C)(C)CC. The molecule has 0 aromatic carbocycles. The van der Waals surface area contributed by atoms with Crippen LogP contribution in [0, 0.1) is 11.3 Å². The Bertz CT molecular complexity index is 151. The molecule has 1 heterocycles. The Labute approximate surface area is 87.9 Å². The van der Waals surface area contributed by atoms with Gasteiger partial charge in [0, 0.05) is 5.25 Å². The minimum atomic E-state index is 0.564. The predicted molar refractivity (Wildman–Crippen MR) is 63.3 cm³/mol. The number of hydrogen-bond donors (Lipinski definition) is 0. The first-order valence-electron chi connectivity index (χ1n) is 5.73. The fourth-order valence-electron chi connectivity index (χ4n) is 2.40. The Morgan fingerprint density at radius 3 is 2.54 bits per heavy atom. The van der Waals surface area contributed by atoms with Gasteiger partial charge in [0.05, 0.1) is 0 Å². The van der Waals surface area contributed by atoms with Gasteiger partial charge >= 0.3 is 0 Å². The minimum Gasteiger partial charge on any atom is -0.158 e. The smallest absolute Gasteiger partial charge is 0.00777 e. The molecule has 0 aliphatic carbocycles. The highest BCUT2D eigenvalue weighted by atomic mass is 32.2. The van der Waals surface area contributed by atoms with Gasteiger partial charge in [0.15, 0.2) is 0 Å². The average Bonchev–Trinajstić information content (AvgIpc) is 2.18. The second-order valence-corrected chi connectivity index (χ2v) is 6.26. The fourth-order valence-corrected chi connectivity index (χ4v) is 4.01. The number of hydrogen-bond acceptors (Lipinski definition) is 1. The van der Waals surface area contributed by atoms with E-state index in [0.29, 0.717) is 5.41 Å². The summed E-state index contributed by atoms with van der Waals surface area (Å²) in [6, 6.07) is 0. The predicted octanol–water partition coefficient (Wildman–Crippen LogP) is 4.34. The summed E-state index contributed by atoms with van der Waals surface area (Å²) in [5, 5.41) is 0.934. The third kappa shape index (κ3) is 2.65. The summed E-state index contributed by atoms with van der Waals surface area (Å²) < 4.78 is 0. The molecule has 1 rings (SSSR count). The van der Waals surface area contributed by atoms with Gasteiger partial charge in [-0.1, -0.05) is 34.1 Å². The highest BCUT2D eigenvalue weighted by Crippen LogP contribution is 2.44. The van der Waals surface area contributed by atoms with E-state index in [1.54, 1.807) is 0 Å². The van der Waals surface area contributed by atoms with Crippen LogP contribution in [-0.2, 0) is 0 Å². The molecule has 13 heavy (non-hydrogen) atoms. The molecule has 1 heteroatoms. The molecule has 2 unspecified atom stereocenters. The molecule has 0 bridgehead atoms. The van der Waals surface area contributed by atoms with E-state index in [4.69, 9.17) is 0 Å². The average molecular weight is 200 g/mol. The maximum absolute atomic E-state index is 2.45. The quantitative estimate of drug-likeness (QED) is 0.653. The monoisotopic (exact) mass is 200 g/mol. The zero-order valence-electron chi connectivity index (χ0n) is 9.60. The summed E-state index contributed by atoms with van der Waals surface area (Å²) in [7, 11) is 0. The van der Waals surface area contributed by atoms with Crippen LogP contribution in [0.5, 0.6) is 0 Å². The van der Waals surface area contributed by atoms with Crippen molar-refractivity contribution >= 4 is 11.8 Å². The lowest BCUT2D eigenvalue weighted by Crippen LogP contribution is -2.34. The Hall–Kier alpha value is 0.350. The summed E-state index contributed by atoms with van der Waals surface area (Å²) in [4.78, 5) is 0. The lowest BCUT2D eigenvalue weighted by Gasteiger charge is -2.41. The summed E-state index contributed by atoms with van der Waals surface area (Å²) in [5.74, 6) is 2.36. The van der Waals surface area contributed by atoms with E-state index < -0.39 is 0 Å². The molecule has 1 saturated heterocycles. The van der Waals surface area contributed by atoms with Crippen LogP contribution in [0.4, 0.5) is 0 Å². The van der Waals surface area contributed by atoms with Gasteiger partial charge < -0.3 is 0 Å². The fraction of sp³-hybridized carbons (Fsp3) is 1.00. The summed E-state index contributed by atoms with van der Waals surface area (Å²) in [5.41, 5.74) is 0.564. The van der Waals surface area contributed by atoms with E-state index in [2.05, 4.69) is 39.5 Å². The molecule has 0 N–H and O–H groups in total. The number of rotatable bonds is 3. The van der Waals surface area contributed by atoms with Crippen molar-refractivity contribution in [3.8, 4) is 0 Å². The molecule has 1 fully saturated rings. The lowest BCUT2D eigenvalue weighted by molar-refractivity contribution is 0.179. The molecule has 0 amide bonds. The van der Waals surface area contributed by atoms with Gasteiger partial charge in [-0.15, -0.1) is 0 Å². The first-order valence-corrected chi connectivity index (χ1v) is 6.78. The summed E-state index contributed by atoms with van der Waals surface area (Å²) in [6.07, 6.45) is 5.59. The van der Waals surface area contributed by atoms with Crippen molar-refractivity contribution in [3.05, 3.63) is 0 Å². The second kappa shape index (κ2) is 4.72. The minimum absolute atomic E-state index is 0.564. The maximum Gasteiger partial charge on any atom is 0.00777 e. The van der Waals surface area contributed by atoms with Gasteiger partial charge in [-0.05, 0) is 36.3 Å². The Balaban J connectivity index is 2.63. The molecule has 0 radical (unpaired) electrons. The Morgan fingerprint density at radius 2 is 2.00 bits per heavy atom. The Morgan fingerprint density at radius 1 is 1.31 bits per heavy atom. The largest absolute Gasteiger partial charge is 0.158 e. The van der Waals surface area contributed by atoms with Gasteiger partial charge in [-0.3, -0.25) is 0 Å². The van der Waals surface area contributed by atoms with E-state index in [1.165, 1.54) is 31.4 Å². The molecule has 1 aliphatic heterocycles. The molecular formula is C12H24S. The van der Waals surface area contributed by atoms with E-state index in [9.17, 15) is 0 Å². The van der Waals surface area contributed by atoms with Crippen LogP contribution in [0.15, 0.2) is 0 Å². The van der Waals surface area contributed by atoms with E-state index in [-0.39, 0.29) is 0 Å². The van der Waals surface area contributed by atoms with Crippen LogP contribution in [0.2, 0.25) is 0 Å². The van der Waals surface area contributed by atoms with Crippen molar-refractivity contribution in [1.29, 1.82) is 0 Å². The summed E-state index contributed by atoms with van der Waals surface area (Å²) >= 11 is 2.21. The van der Waals surface area contributed by atoms with Crippen LogP contribution in [0.1, 0.15) is 53.4 Å². The van der Waals surface area contributed by atoms with Crippen LogP contribution < -0.4 is 0 Å². The highest BCUT2D eigenvalue weighted by Gasteiger charge is 2.35. The first-order chi connectivity index (χ1) is 6.11. The van der Waals surface area contributed by atoms with Crippen LogP contribution >= 0.6 is 11.8 Å². The van der Waals surface area contributed by atoms with Crippen molar-refractivity contribution in [2.45, 2.75) is 58.6 Å². The topological polar surface area (TPSA) is 0 Å². The third-order valence-corrected chi connectivity index (χ3v) is 5.37. The zero-order chi connectivity index (χ0) is 9.90. The van der Waals surface area contributed by atoms with Gasteiger partial charge in [0.25, 0.3) is 0 Å². The summed E-state index contributed by atoms with van der Waals surface area (Å²) in [6.45, 7) is 9.59. The molecule has 2 atom stereocenters. The molecule has 0 saturated carbocycles. The van der Waals surface area contributed by atoms with Gasteiger partial charge in [-0.2, -0.15) is 11.8 Å². The molecular weight excluding hydrogens is 176 g/mol. The number of thioether (sulfide) groups is 1. The van der Waals surface area contributed by atoms with Crippen LogP contribution in [0.3, 0.4) is 0 Å². The van der Waals surface area contributed by atoms with Crippen molar-refractivity contribution in [2.24, 2.45) is 11.3 Å². The van der Waals surface area contributed by atoms with Crippen LogP contribution in [-0.4, -0.2) is 11.0 Å². The Kier molecular flexibility index (Phi) is 4.15. The van der Waals surface area contributed by atoms with E-state index in [0.717, 1.165) is 11.2 Å². The van der Waals surface area contributed by atoms with Gasteiger partial charge in [-0.25, -0.2) is 0 Å². The maximum atomic E-state index is 2.45. The lowest BCUT2D eigenvalue weighted by atomic mass is 9.72. The van der Waals surface area contributed by atoms with E-state index in [1.807, 2.05) is 0 Å². The highest BCUT2D eigenvalue weighted by molar-refractivity contribution is 7.99. The van der Waals surface area contributed by atoms with E-state index >= 15 is 0 Å². The molecule has 0 nitrogen and oxygen atoms in total.